The molecule has 0 radical (unpaired) electrons. The van der Waals surface area contributed by atoms with E-state index >= 15 is 0 Å². The molecule has 2 aliphatic heterocycles. The Kier molecular flexibility index (Phi) is 6.02. The second-order valence-corrected chi connectivity index (χ2v) is 22.7. The Bertz CT molecular complexity index is 3030. The molecule has 53 heavy (non-hydrogen) atoms. The Balaban J connectivity index is 1.31. The summed E-state index contributed by atoms with van der Waals surface area (Å²) >= 11 is 0. The van der Waals surface area contributed by atoms with Gasteiger partial charge in [-0.05, 0) is 74.7 Å². The van der Waals surface area contributed by atoms with Crippen LogP contribution in [0, 0.1) is 5.41 Å². The van der Waals surface area contributed by atoms with E-state index in [9.17, 15) is 0 Å². The van der Waals surface area contributed by atoms with Gasteiger partial charge in [0.2, 0.25) is 11.4 Å². The van der Waals surface area contributed by atoms with Crippen molar-refractivity contribution in [3.8, 4) is 22.5 Å². The Morgan fingerprint density at radius 2 is 1.21 bits per heavy atom. The van der Waals surface area contributed by atoms with Gasteiger partial charge in [-0.15, -0.1) is 9.13 Å². The summed E-state index contributed by atoms with van der Waals surface area (Å²) in [6.45, 7) is 14.3. The molecular formula is C49H42N2OSi+2. The van der Waals surface area contributed by atoms with Gasteiger partial charge in [-0.1, -0.05) is 113 Å². The molecule has 5 heterocycles. The van der Waals surface area contributed by atoms with Gasteiger partial charge < -0.3 is 4.42 Å². The van der Waals surface area contributed by atoms with E-state index < -0.39 is 13.7 Å². The largest absolute Gasteiger partial charge is 0.454 e. The van der Waals surface area contributed by atoms with Crippen molar-refractivity contribution in [3.05, 3.63) is 150 Å². The van der Waals surface area contributed by atoms with E-state index in [-0.39, 0.29) is 5.41 Å². The molecule has 0 aliphatic carbocycles. The van der Waals surface area contributed by atoms with Gasteiger partial charge in [-0.3, -0.25) is 0 Å². The number of pyridine rings is 2. The summed E-state index contributed by atoms with van der Waals surface area (Å²) < 4.78 is 12.6. The minimum absolute atomic E-state index is 0.152. The number of benzene rings is 6. The fourth-order valence-corrected chi connectivity index (χ4v) is 10.9. The summed E-state index contributed by atoms with van der Waals surface area (Å²) in [4.78, 5) is 0. The number of hydrogen-bond donors (Lipinski definition) is 0. The predicted octanol–water partition coefficient (Wildman–Crippen LogP) is 11.0. The van der Waals surface area contributed by atoms with Crippen molar-refractivity contribution in [1.82, 2.24) is 0 Å². The first-order valence-corrected chi connectivity index (χ1v) is 22.5. The van der Waals surface area contributed by atoms with Gasteiger partial charge in [0.15, 0.2) is 12.4 Å². The average Bonchev–Trinajstić information content (AvgIpc) is 3.77. The van der Waals surface area contributed by atoms with Crippen LogP contribution < -0.4 is 14.3 Å². The maximum Gasteiger partial charge on any atom is 0.417 e. The molecule has 0 N–H and O–H groups in total. The fourth-order valence-electron chi connectivity index (χ4n) is 9.79. The van der Waals surface area contributed by atoms with E-state index in [2.05, 4.69) is 183 Å². The van der Waals surface area contributed by atoms with E-state index in [4.69, 9.17) is 4.42 Å². The van der Waals surface area contributed by atoms with E-state index in [1.54, 1.807) is 0 Å². The van der Waals surface area contributed by atoms with Crippen LogP contribution in [0.1, 0.15) is 37.5 Å². The summed E-state index contributed by atoms with van der Waals surface area (Å²) in [5.74, 6) is 0. The fraction of sp³-hybridized carbons (Fsp3) is 0.184. The van der Waals surface area contributed by atoms with E-state index in [1.807, 2.05) is 0 Å². The Labute approximate surface area is 310 Å². The minimum Gasteiger partial charge on any atom is -0.454 e. The van der Waals surface area contributed by atoms with Crippen LogP contribution in [0.15, 0.2) is 138 Å². The number of aromatic nitrogens is 2. The first-order valence-electron chi connectivity index (χ1n) is 19.0. The number of nitrogens with zero attached hydrogens (tertiary/aromatic N) is 2. The van der Waals surface area contributed by atoms with Crippen LogP contribution in [0.3, 0.4) is 0 Å². The summed E-state index contributed by atoms with van der Waals surface area (Å²) in [7, 11) is -1.65. The number of fused-ring (bicyclic) bond motifs is 21. The third kappa shape index (κ3) is 4.05. The molecule has 1 atom stereocenters. The maximum atomic E-state index is 7.40. The van der Waals surface area contributed by atoms with Gasteiger partial charge in [0, 0.05) is 39.5 Å². The summed E-state index contributed by atoms with van der Waals surface area (Å²) in [5, 5.41) is 11.2. The summed E-state index contributed by atoms with van der Waals surface area (Å²) in [5.41, 5.74) is 10.3. The molecule has 9 aromatic rings. The lowest BCUT2D eigenvalue weighted by Crippen LogP contribution is -2.72. The second-order valence-electron chi connectivity index (χ2n) is 17.6. The van der Waals surface area contributed by atoms with Crippen LogP contribution in [0.2, 0.25) is 19.6 Å². The highest BCUT2D eigenvalue weighted by atomic mass is 28.3. The predicted molar refractivity (Wildman–Crippen MR) is 222 cm³/mol. The lowest BCUT2D eigenvalue weighted by molar-refractivity contribution is -0.954. The zero-order chi connectivity index (χ0) is 36.0. The standard InChI is InChI=1S/C49H42N2OSi/c1-48(2,3)28-30-25-26-50-43(27-30)45-41(49(50)40-18-12-11-17-39(40)42-24-19-31(29-51(42)49)53(4,5)6)23-22-38-37-21-20-36-34-15-8-7-13-32(34)33-14-9-10-16-35(33)44(36)46(37)52-47(38)45/h7-27,29H,28H2,1-6H3/q+2. The van der Waals surface area contributed by atoms with Crippen LogP contribution in [-0.2, 0) is 12.1 Å². The molecular weight excluding hydrogens is 661 g/mol. The van der Waals surface area contributed by atoms with Crippen molar-refractivity contribution >= 4 is 67.5 Å². The topological polar surface area (TPSA) is 20.9 Å². The monoisotopic (exact) mass is 702 g/mol. The lowest BCUT2D eigenvalue weighted by Gasteiger charge is -2.20. The average molecular weight is 703 g/mol. The third-order valence-electron chi connectivity index (χ3n) is 12.0. The van der Waals surface area contributed by atoms with Crippen LogP contribution >= 0.6 is 0 Å². The van der Waals surface area contributed by atoms with Crippen LogP contribution in [0.4, 0.5) is 0 Å². The maximum absolute atomic E-state index is 7.40. The molecule has 3 nitrogen and oxygen atoms in total. The Morgan fingerprint density at radius 1 is 0.585 bits per heavy atom. The Hall–Kier alpha value is -5.58. The van der Waals surface area contributed by atoms with E-state index in [0.717, 1.165) is 28.4 Å². The highest BCUT2D eigenvalue weighted by Crippen LogP contribution is 2.51. The molecule has 0 bridgehead atoms. The molecule has 0 saturated heterocycles. The summed E-state index contributed by atoms with van der Waals surface area (Å²) in [6, 6.07) is 45.6. The molecule has 0 amide bonds. The van der Waals surface area contributed by atoms with E-state index in [0.29, 0.717) is 0 Å². The SMILES string of the molecule is CC(C)(C)Cc1cc[n+]2c(c1)-c1c(ccc3c1oc1c3ccc3c4ccccc4c4ccccc4c31)C21c2ccccc2-c2ccc([Si](C)(C)C)c[n+]21. The van der Waals surface area contributed by atoms with Gasteiger partial charge in [-0.2, -0.15) is 0 Å². The molecule has 1 unspecified atom stereocenters. The van der Waals surface area contributed by atoms with Crippen molar-refractivity contribution < 1.29 is 13.6 Å². The van der Waals surface area contributed by atoms with Crippen LogP contribution in [0.5, 0.6) is 0 Å². The van der Waals surface area contributed by atoms with Gasteiger partial charge in [0.05, 0.1) is 13.6 Å². The molecule has 0 fully saturated rings. The quantitative estimate of drug-likeness (QED) is 0.0998. The third-order valence-corrected chi connectivity index (χ3v) is 14.0. The number of hydrogen-bond acceptors (Lipinski definition) is 1. The molecule has 2 aliphatic rings. The molecule has 0 saturated carbocycles. The van der Waals surface area contributed by atoms with Crippen LogP contribution in [-0.4, -0.2) is 8.07 Å². The molecule has 11 rings (SSSR count). The van der Waals surface area contributed by atoms with Crippen molar-refractivity contribution in [3.63, 3.8) is 0 Å². The van der Waals surface area contributed by atoms with Gasteiger partial charge >= 0.3 is 5.66 Å². The Morgan fingerprint density at radius 3 is 1.94 bits per heavy atom. The molecule has 256 valence electrons. The van der Waals surface area contributed by atoms with Gasteiger partial charge in [0.25, 0.3) is 0 Å². The first kappa shape index (κ1) is 31.0. The zero-order valence-corrected chi connectivity index (χ0v) is 32.2. The number of rotatable bonds is 2. The van der Waals surface area contributed by atoms with Gasteiger partial charge in [0.1, 0.15) is 27.9 Å². The van der Waals surface area contributed by atoms with Crippen molar-refractivity contribution in [2.75, 3.05) is 0 Å². The molecule has 4 heteroatoms. The van der Waals surface area contributed by atoms with Crippen molar-refractivity contribution in [1.29, 1.82) is 0 Å². The van der Waals surface area contributed by atoms with Crippen molar-refractivity contribution in [2.24, 2.45) is 5.41 Å². The first-order chi connectivity index (χ1) is 25.5. The highest BCUT2D eigenvalue weighted by Gasteiger charge is 2.67. The lowest BCUT2D eigenvalue weighted by atomic mass is 9.88. The molecule has 1 spiro atoms. The second kappa shape index (κ2) is 10.3. The van der Waals surface area contributed by atoms with Crippen LogP contribution in [0.25, 0.3) is 76.8 Å². The molecule has 3 aromatic heterocycles. The van der Waals surface area contributed by atoms with E-state index in [1.165, 1.54) is 76.7 Å². The zero-order valence-electron chi connectivity index (χ0n) is 31.2. The smallest absolute Gasteiger partial charge is 0.417 e. The van der Waals surface area contributed by atoms with Crippen molar-refractivity contribution in [2.45, 2.75) is 52.5 Å². The van der Waals surface area contributed by atoms with Gasteiger partial charge in [-0.25, -0.2) is 0 Å². The number of furan rings is 1. The normalized spacial score (nSPS) is 16.3. The summed E-state index contributed by atoms with van der Waals surface area (Å²) in [6.07, 6.45) is 5.83. The molecule has 6 aromatic carbocycles. The minimum atomic E-state index is -1.65. The highest BCUT2D eigenvalue weighted by molar-refractivity contribution is 6.88.